The monoisotopic (exact) mass is 451 g/mol. The number of allylic oxidation sites excluding steroid dienone is 1. The largest absolute Gasteiger partial charge is 0.445 e. The van der Waals surface area contributed by atoms with E-state index in [1.165, 1.54) is 6.08 Å². The summed E-state index contributed by atoms with van der Waals surface area (Å²) in [5, 5.41) is 2.61. The van der Waals surface area contributed by atoms with Crippen molar-refractivity contribution in [2.24, 2.45) is 0 Å². The van der Waals surface area contributed by atoms with E-state index in [1.807, 2.05) is 30.3 Å². The van der Waals surface area contributed by atoms with E-state index in [0.717, 1.165) is 5.56 Å². The Balaban J connectivity index is 1.88. The van der Waals surface area contributed by atoms with E-state index in [9.17, 15) is 14.4 Å². The fourth-order valence-corrected chi connectivity index (χ4v) is 3.18. The Hall–Kier alpha value is -2.34. The number of benzene rings is 2. The van der Waals surface area contributed by atoms with Crippen molar-refractivity contribution in [3.63, 3.8) is 0 Å². The number of fused-ring (bicyclic) bond motifs is 1. The molecule has 0 saturated heterocycles. The predicted octanol–water partition coefficient (Wildman–Crippen LogP) is 4.70. The van der Waals surface area contributed by atoms with Crippen LogP contribution in [0.1, 0.15) is 26.3 Å². The highest BCUT2D eigenvalue weighted by Gasteiger charge is 2.32. The van der Waals surface area contributed by atoms with Crippen LogP contribution in [0.4, 0.5) is 4.79 Å². The summed E-state index contributed by atoms with van der Waals surface area (Å²) in [6.07, 6.45) is 0.668. The lowest BCUT2D eigenvalue weighted by atomic mass is 9.84. The van der Waals surface area contributed by atoms with Gasteiger partial charge in [-0.2, -0.15) is 0 Å². The van der Waals surface area contributed by atoms with Gasteiger partial charge >= 0.3 is 6.09 Å². The molecule has 2 aromatic rings. The summed E-state index contributed by atoms with van der Waals surface area (Å²) in [5.41, 5.74) is 1.66. The molecule has 8 heteroatoms. The van der Waals surface area contributed by atoms with Gasteiger partial charge in [-0.25, -0.2) is 4.79 Å². The Kier molecular flexibility index (Phi) is 6.63. The van der Waals surface area contributed by atoms with Gasteiger partial charge in [-0.05, 0) is 18.1 Å². The molecule has 150 valence electrons. The molecule has 1 atom stereocenters. The Bertz CT molecular complexity index is 967. The minimum Gasteiger partial charge on any atom is -0.445 e. The molecule has 1 amide bonds. The summed E-state index contributed by atoms with van der Waals surface area (Å²) in [6.45, 7) is -0.462. The van der Waals surface area contributed by atoms with Gasteiger partial charge in [0.05, 0.1) is 6.04 Å². The standard InChI is InChI=1S/C21H16Cl3NO4/c22-21(23,24)12-29-20(28)25-17(10-13-6-2-1-3-7-13)16-11-18(26)14-8-4-5-9-15(14)19(16)27/h1-9,11,17H,10,12H2,(H,25,28). The van der Waals surface area contributed by atoms with Gasteiger partial charge in [0.15, 0.2) is 11.6 Å². The molecular formula is C21H16Cl3NO4. The van der Waals surface area contributed by atoms with E-state index in [0.29, 0.717) is 11.1 Å². The third-order valence-electron chi connectivity index (χ3n) is 4.30. The second-order valence-corrected chi connectivity index (χ2v) is 8.93. The first-order valence-corrected chi connectivity index (χ1v) is 9.81. The van der Waals surface area contributed by atoms with Crippen LogP contribution in [0.2, 0.25) is 0 Å². The molecule has 3 rings (SSSR count). The second kappa shape index (κ2) is 8.99. The third-order valence-corrected chi connectivity index (χ3v) is 4.63. The van der Waals surface area contributed by atoms with E-state index in [1.54, 1.807) is 24.3 Å². The second-order valence-electron chi connectivity index (χ2n) is 6.42. The molecule has 1 unspecified atom stereocenters. The molecule has 29 heavy (non-hydrogen) atoms. The van der Waals surface area contributed by atoms with Crippen LogP contribution in [0, 0.1) is 0 Å². The number of ether oxygens (including phenoxy) is 1. The average molecular weight is 453 g/mol. The summed E-state index contributed by atoms with van der Waals surface area (Å²) < 4.78 is 3.16. The lowest BCUT2D eigenvalue weighted by Gasteiger charge is -2.24. The molecule has 0 bridgehead atoms. The number of hydrogen-bond acceptors (Lipinski definition) is 4. The van der Waals surface area contributed by atoms with Crippen molar-refractivity contribution < 1.29 is 19.1 Å². The van der Waals surface area contributed by atoms with Crippen molar-refractivity contribution in [2.75, 3.05) is 6.61 Å². The lowest BCUT2D eigenvalue weighted by Crippen LogP contribution is -2.42. The zero-order valence-electron chi connectivity index (χ0n) is 15.0. The summed E-state index contributed by atoms with van der Waals surface area (Å²) in [4.78, 5) is 37.8. The smallest absolute Gasteiger partial charge is 0.407 e. The first-order chi connectivity index (χ1) is 13.7. The van der Waals surface area contributed by atoms with Crippen LogP contribution < -0.4 is 5.32 Å². The van der Waals surface area contributed by atoms with E-state index in [-0.39, 0.29) is 23.6 Å². The molecule has 0 heterocycles. The molecule has 0 aromatic heterocycles. The van der Waals surface area contributed by atoms with Crippen LogP contribution in [0.5, 0.6) is 0 Å². The highest BCUT2D eigenvalue weighted by Crippen LogP contribution is 2.27. The SMILES string of the molecule is O=C(NC(Cc1ccccc1)C1=CC(=O)c2ccccc2C1=O)OCC(Cl)(Cl)Cl. The van der Waals surface area contributed by atoms with Crippen molar-refractivity contribution in [3.8, 4) is 0 Å². The number of nitrogens with one attached hydrogen (secondary N) is 1. The van der Waals surface area contributed by atoms with Gasteiger partial charge in [0.25, 0.3) is 0 Å². The molecule has 0 radical (unpaired) electrons. The first kappa shape index (κ1) is 21.4. The highest BCUT2D eigenvalue weighted by atomic mass is 35.6. The van der Waals surface area contributed by atoms with Crippen molar-refractivity contribution in [2.45, 2.75) is 16.3 Å². The number of carbonyl (C=O) groups excluding carboxylic acids is 3. The van der Waals surface area contributed by atoms with Crippen LogP contribution in [0.25, 0.3) is 0 Å². The number of amides is 1. The zero-order chi connectivity index (χ0) is 21.0. The van der Waals surface area contributed by atoms with E-state index < -0.39 is 22.5 Å². The highest BCUT2D eigenvalue weighted by molar-refractivity contribution is 6.67. The minimum atomic E-state index is -1.76. The van der Waals surface area contributed by atoms with E-state index in [2.05, 4.69) is 5.32 Å². The van der Waals surface area contributed by atoms with Crippen LogP contribution in [-0.4, -0.2) is 34.1 Å². The van der Waals surface area contributed by atoms with Crippen molar-refractivity contribution in [1.29, 1.82) is 0 Å². The first-order valence-electron chi connectivity index (χ1n) is 8.68. The van der Waals surface area contributed by atoms with E-state index >= 15 is 0 Å². The number of ketones is 2. The fraction of sp³-hybridized carbons (Fsp3) is 0.190. The maximum Gasteiger partial charge on any atom is 0.407 e. The van der Waals surface area contributed by atoms with Gasteiger partial charge in [-0.15, -0.1) is 0 Å². The Morgan fingerprint density at radius 3 is 2.24 bits per heavy atom. The maximum absolute atomic E-state index is 13.0. The molecule has 0 aliphatic heterocycles. The van der Waals surface area contributed by atoms with Gasteiger partial charge in [-0.3, -0.25) is 9.59 Å². The minimum absolute atomic E-state index is 0.170. The number of alkyl halides is 3. The fourth-order valence-electron chi connectivity index (χ4n) is 3.01. The van der Waals surface area contributed by atoms with Gasteiger partial charge in [-0.1, -0.05) is 89.4 Å². The van der Waals surface area contributed by atoms with Crippen molar-refractivity contribution in [3.05, 3.63) is 82.9 Å². The molecule has 0 fully saturated rings. The maximum atomic E-state index is 13.0. The van der Waals surface area contributed by atoms with Crippen LogP contribution >= 0.6 is 34.8 Å². The van der Waals surface area contributed by atoms with Gasteiger partial charge in [0, 0.05) is 16.7 Å². The number of halogens is 3. The van der Waals surface area contributed by atoms with Gasteiger partial charge in [0.1, 0.15) is 6.61 Å². The Morgan fingerprint density at radius 1 is 0.966 bits per heavy atom. The molecule has 1 N–H and O–H groups in total. The van der Waals surface area contributed by atoms with E-state index in [4.69, 9.17) is 39.5 Å². The van der Waals surface area contributed by atoms with Gasteiger partial charge < -0.3 is 10.1 Å². The molecular weight excluding hydrogens is 437 g/mol. The summed E-state index contributed by atoms with van der Waals surface area (Å²) in [6, 6.07) is 15.0. The normalized spacial score (nSPS) is 14.7. The van der Waals surface area contributed by atoms with Crippen molar-refractivity contribution >= 4 is 52.5 Å². The third kappa shape index (κ3) is 5.60. The molecule has 5 nitrogen and oxygen atoms in total. The number of carbonyl (C=O) groups is 3. The molecule has 1 aliphatic carbocycles. The Morgan fingerprint density at radius 2 is 1.59 bits per heavy atom. The number of alkyl carbamates (subject to hydrolysis) is 1. The predicted molar refractivity (Wildman–Crippen MR) is 112 cm³/mol. The topological polar surface area (TPSA) is 72.5 Å². The summed E-state index contributed by atoms with van der Waals surface area (Å²) in [7, 11) is 0. The van der Waals surface area contributed by atoms with Crippen LogP contribution in [0.15, 0.2) is 66.2 Å². The molecule has 2 aromatic carbocycles. The molecule has 1 aliphatic rings. The molecule has 0 spiro atoms. The van der Waals surface area contributed by atoms with Crippen LogP contribution in [0.3, 0.4) is 0 Å². The zero-order valence-corrected chi connectivity index (χ0v) is 17.3. The van der Waals surface area contributed by atoms with Gasteiger partial charge in [0.2, 0.25) is 3.79 Å². The average Bonchev–Trinajstić information content (AvgIpc) is 2.69. The number of hydrogen-bond donors (Lipinski definition) is 1. The summed E-state index contributed by atoms with van der Waals surface area (Å²) in [5.74, 6) is -0.632. The Labute approximate surface area is 182 Å². The van der Waals surface area contributed by atoms with Crippen LogP contribution in [-0.2, 0) is 11.2 Å². The lowest BCUT2D eigenvalue weighted by molar-refractivity contribution is 0.0975. The quantitative estimate of drug-likeness (QED) is 0.668. The summed E-state index contributed by atoms with van der Waals surface area (Å²) >= 11 is 16.8. The number of rotatable bonds is 5. The number of Topliss-reactive ketones (excluding diaryl/α,β-unsaturated/α-hetero) is 1. The van der Waals surface area contributed by atoms with Crippen molar-refractivity contribution in [1.82, 2.24) is 5.32 Å². The molecule has 0 saturated carbocycles.